The number of aliphatic hydroxyl groups is 1. The van der Waals surface area contributed by atoms with Crippen molar-refractivity contribution in [3.8, 4) is 0 Å². The molecule has 2 saturated carbocycles. The predicted octanol–water partition coefficient (Wildman–Crippen LogP) is 4.16. The summed E-state index contributed by atoms with van der Waals surface area (Å²) < 4.78 is 6.58. The molecule has 19 heavy (non-hydrogen) atoms. The first kappa shape index (κ1) is 15.3. The summed E-state index contributed by atoms with van der Waals surface area (Å²) in [5.41, 5.74) is 0.124. The minimum atomic E-state index is 0.124. The van der Waals surface area contributed by atoms with Gasteiger partial charge in [0.1, 0.15) is 0 Å². The Kier molecular flexibility index (Phi) is 5.30. The second kappa shape index (κ2) is 6.58. The maximum Gasteiger partial charge on any atom is 0.0744 e. The standard InChI is InChI=1S/C17H32O2/c1-13(2)19-17-12-14(3)9-10-16(17)7-4-6-15(17)8-5-11-18/h13-16,18H,4-12H2,1-3H3/t14?,15-,16?,17?/m1/s1. The van der Waals surface area contributed by atoms with Crippen molar-refractivity contribution in [3.05, 3.63) is 0 Å². The molecule has 2 fully saturated rings. The van der Waals surface area contributed by atoms with Gasteiger partial charge in [-0.3, -0.25) is 0 Å². The van der Waals surface area contributed by atoms with Gasteiger partial charge in [0, 0.05) is 6.61 Å². The van der Waals surface area contributed by atoms with Crippen LogP contribution in [0, 0.1) is 17.8 Å². The van der Waals surface area contributed by atoms with E-state index in [-0.39, 0.29) is 5.60 Å². The summed E-state index contributed by atoms with van der Waals surface area (Å²) in [6.45, 7) is 7.08. The van der Waals surface area contributed by atoms with Crippen LogP contribution in [0.25, 0.3) is 0 Å². The molecule has 1 N–H and O–H groups in total. The molecular formula is C17H32O2. The van der Waals surface area contributed by atoms with E-state index in [1.54, 1.807) is 0 Å². The lowest BCUT2D eigenvalue weighted by Gasteiger charge is -2.54. The molecule has 0 bridgehead atoms. The van der Waals surface area contributed by atoms with Crippen molar-refractivity contribution < 1.29 is 9.84 Å². The Morgan fingerprint density at radius 1 is 1.21 bits per heavy atom. The fourth-order valence-electron chi connectivity index (χ4n) is 4.69. The van der Waals surface area contributed by atoms with Crippen molar-refractivity contribution in [2.45, 2.75) is 83.8 Å². The molecule has 2 aliphatic rings. The van der Waals surface area contributed by atoms with Crippen LogP contribution in [-0.4, -0.2) is 23.4 Å². The molecule has 0 heterocycles. The third kappa shape index (κ3) is 3.33. The molecule has 0 radical (unpaired) electrons. The quantitative estimate of drug-likeness (QED) is 0.811. The number of hydrogen-bond acceptors (Lipinski definition) is 2. The summed E-state index contributed by atoms with van der Waals surface area (Å²) in [5.74, 6) is 2.23. The highest BCUT2D eigenvalue weighted by atomic mass is 16.5. The SMILES string of the molecule is CC1CCC2CCC[C@H](CCCO)C2(OC(C)C)C1. The normalized spacial score (nSPS) is 39.3. The van der Waals surface area contributed by atoms with Gasteiger partial charge in [-0.1, -0.05) is 19.8 Å². The van der Waals surface area contributed by atoms with E-state index in [0.29, 0.717) is 18.6 Å². The molecule has 0 aromatic heterocycles. The second-order valence-electron chi connectivity index (χ2n) is 7.20. The molecule has 0 spiro atoms. The van der Waals surface area contributed by atoms with Crippen LogP contribution in [0.5, 0.6) is 0 Å². The minimum absolute atomic E-state index is 0.124. The van der Waals surface area contributed by atoms with Crippen molar-refractivity contribution in [2.75, 3.05) is 6.61 Å². The number of fused-ring (bicyclic) bond motifs is 1. The lowest BCUT2D eigenvalue weighted by molar-refractivity contribution is -0.194. The molecule has 0 amide bonds. The van der Waals surface area contributed by atoms with Gasteiger partial charge >= 0.3 is 0 Å². The average Bonchev–Trinajstić information content (AvgIpc) is 2.35. The molecule has 2 nitrogen and oxygen atoms in total. The van der Waals surface area contributed by atoms with E-state index in [2.05, 4.69) is 20.8 Å². The monoisotopic (exact) mass is 268 g/mol. The summed E-state index contributed by atoms with van der Waals surface area (Å²) >= 11 is 0. The van der Waals surface area contributed by atoms with Gasteiger partial charge in [-0.25, -0.2) is 0 Å². The lowest BCUT2D eigenvalue weighted by Crippen LogP contribution is -2.54. The fourth-order valence-corrected chi connectivity index (χ4v) is 4.69. The molecule has 2 heteroatoms. The van der Waals surface area contributed by atoms with Crippen LogP contribution in [0.4, 0.5) is 0 Å². The summed E-state index contributed by atoms with van der Waals surface area (Å²) in [4.78, 5) is 0. The lowest BCUT2D eigenvalue weighted by atomic mass is 9.58. The Bertz CT molecular complexity index is 272. The molecule has 0 saturated heterocycles. The highest BCUT2D eigenvalue weighted by Gasteiger charge is 2.51. The highest BCUT2D eigenvalue weighted by molar-refractivity contribution is 5.01. The van der Waals surface area contributed by atoms with Crippen molar-refractivity contribution in [1.29, 1.82) is 0 Å². The Hall–Kier alpha value is -0.0800. The third-order valence-electron chi connectivity index (χ3n) is 5.33. The van der Waals surface area contributed by atoms with Gasteiger partial charge in [0.15, 0.2) is 0 Å². The Morgan fingerprint density at radius 2 is 2.00 bits per heavy atom. The zero-order valence-electron chi connectivity index (χ0n) is 13.0. The molecular weight excluding hydrogens is 236 g/mol. The van der Waals surface area contributed by atoms with Gasteiger partial charge in [-0.05, 0) is 70.1 Å². The predicted molar refractivity (Wildman–Crippen MR) is 79.1 cm³/mol. The molecule has 0 aromatic carbocycles. The third-order valence-corrected chi connectivity index (χ3v) is 5.33. The summed E-state index contributed by atoms with van der Waals surface area (Å²) in [5, 5.41) is 9.17. The van der Waals surface area contributed by atoms with Crippen molar-refractivity contribution in [3.63, 3.8) is 0 Å². The molecule has 4 atom stereocenters. The molecule has 0 aliphatic heterocycles. The van der Waals surface area contributed by atoms with E-state index in [1.165, 1.54) is 38.5 Å². The van der Waals surface area contributed by atoms with Gasteiger partial charge in [0.25, 0.3) is 0 Å². The number of aliphatic hydroxyl groups excluding tert-OH is 1. The first-order chi connectivity index (χ1) is 9.08. The highest BCUT2D eigenvalue weighted by Crippen LogP contribution is 2.52. The maximum atomic E-state index is 9.17. The molecule has 3 unspecified atom stereocenters. The van der Waals surface area contributed by atoms with E-state index >= 15 is 0 Å². The number of hydrogen-bond donors (Lipinski definition) is 1. The van der Waals surface area contributed by atoms with Crippen molar-refractivity contribution in [2.24, 2.45) is 17.8 Å². The summed E-state index contributed by atoms with van der Waals surface area (Å²) in [6.07, 6.45) is 10.4. The van der Waals surface area contributed by atoms with Crippen LogP contribution >= 0.6 is 0 Å². The zero-order valence-corrected chi connectivity index (χ0v) is 13.0. The number of rotatable bonds is 5. The van der Waals surface area contributed by atoms with E-state index in [0.717, 1.165) is 24.7 Å². The Balaban J connectivity index is 2.19. The largest absolute Gasteiger partial charge is 0.396 e. The molecule has 2 rings (SSSR count). The van der Waals surface area contributed by atoms with Crippen LogP contribution in [0.15, 0.2) is 0 Å². The number of ether oxygens (including phenoxy) is 1. The molecule has 0 aromatic rings. The van der Waals surface area contributed by atoms with Crippen LogP contribution in [0.1, 0.15) is 72.1 Å². The van der Waals surface area contributed by atoms with Gasteiger partial charge < -0.3 is 9.84 Å². The smallest absolute Gasteiger partial charge is 0.0744 e. The van der Waals surface area contributed by atoms with Crippen molar-refractivity contribution >= 4 is 0 Å². The maximum absolute atomic E-state index is 9.17. The topological polar surface area (TPSA) is 29.5 Å². The second-order valence-corrected chi connectivity index (χ2v) is 7.20. The van der Waals surface area contributed by atoms with Gasteiger partial charge in [-0.2, -0.15) is 0 Å². The van der Waals surface area contributed by atoms with Gasteiger partial charge in [-0.15, -0.1) is 0 Å². The van der Waals surface area contributed by atoms with Crippen LogP contribution < -0.4 is 0 Å². The van der Waals surface area contributed by atoms with E-state index < -0.39 is 0 Å². The van der Waals surface area contributed by atoms with E-state index in [1.807, 2.05) is 0 Å². The van der Waals surface area contributed by atoms with Gasteiger partial charge in [0.05, 0.1) is 11.7 Å². The Labute approximate surface area is 118 Å². The van der Waals surface area contributed by atoms with Crippen molar-refractivity contribution in [1.82, 2.24) is 0 Å². The average molecular weight is 268 g/mol. The fraction of sp³-hybridized carbons (Fsp3) is 1.00. The molecule has 2 aliphatic carbocycles. The van der Waals surface area contributed by atoms with E-state index in [9.17, 15) is 0 Å². The summed E-state index contributed by atoms with van der Waals surface area (Å²) in [7, 11) is 0. The van der Waals surface area contributed by atoms with Crippen LogP contribution in [-0.2, 0) is 4.74 Å². The first-order valence-electron chi connectivity index (χ1n) is 8.37. The Morgan fingerprint density at radius 3 is 2.68 bits per heavy atom. The summed E-state index contributed by atoms with van der Waals surface area (Å²) in [6, 6.07) is 0. The van der Waals surface area contributed by atoms with Gasteiger partial charge in [0.2, 0.25) is 0 Å². The van der Waals surface area contributed by atoms with E-state index in [4.69, 9.17) is 9.84 Å². The molecule has 112 valence electrons. The van der Waals surface area contributed by atoms with Crippen LogP contribution in [0.3, 0.4) is 0 Å². The minimum Gasteiger partial charge on any atom is -0.396 e. The van der Waals surface area contributed by atoms with Crippen LogP contribution in [0.2, 0.25) is 0 Å². The first-order valence-corrected chi connectivity index (χ1v) is 8.37. The zero-order chi connectivity index (χ0) is 13.9.